The standard InChI is InChI=1S/C13H14F3IN4/c1-8-3-2-4-10(21-20-8)7-11-5-9(13(14,15)16)6-12(18-11)19-17/h4-6,8H,2-3,7H2,1H3,(H,18,19). The Labute approximate surface area is 134 Å². The summed E-state index contributed by atoms with van der Waals surface area (Å²) in [6.45, 7) is 1.96. The van der Waals surface area contributed by atoms with Gasteiger partial charge in [0.15, 0.2) is 0 Å². The molecule has 21 heavy (non-hydrogen) atoms. The molecule has 114 valence electrons. The first-order chi connectivity index (χ1) is 9.88. The third kappa shape index (κ3) is 4.65. The van der Waals surface area contributed by atoms with Crippen LogP contribution in [0.1, 0.15) is 31.0 Å². The van der Waals surface area contributed by atoms with Crippen molar-refractivity contribution in [2.24, 2.45) is 10.2 Å². The lowest BCUT2D eigenvalue weighted by molar-refractivity contribution is -0.137. The minimum absolute atomic E-state index is 0.139. The minimum Gasteiger partial charge on any atom is -0.313 e. The first-order valence-electron chi connectivity index (χ1n) is 6.43. The molecule has 2 heterocycles. The number of nitrogens with zero attached hydrogens (tertiary/aromatic N) is 3. The average Bonchev–Trinajstić information content (AvgIpc) is 2.62. The normalized spacial score (nSPS) is 19.1. The molecule has 1 unspecified atom stereocenters. The summed E-state index contributed by atoms with van der Waals surface area (Å²) in [5.74, 6) is 0.181. The van der Waals surface area contributed by atoms with E-state index in [0.717, 1.165) is 25.0 Å². The number of alkyl halides is 3. The number of azo groups is 1. The maximum atomic E-state index is 12.9. The number of hydrogen-bond acceptors (Lipinski definition) is 4. The second kappa shape index (κ2) is 6.71. The molecule has 1 aliphatic rings. The molecule has 2 rings (SSSR count). The first kappa shape index (κ1) is 16.2. The minimum atomic E-state index is -4.40. The molecule has 1 aromatic rings. The van der Waals surface area contributed by atoms with E-state index < -0.39 is 11.7 Å². The predicted octanol–water partition coefficient (Wildman–Crippen LogP) is 4.92. The number of pyridine rings is 1. The maximum Gasteiger partial charge on any atom is 0.416 e. The molecule has 0 saturated heterocycles. The van der Waals surface area contributed by atoms with Crippen LogP contribution in [-0.4, -0.2) is 11.0 Å². The van der Waals surface area contributed by atoms with Gasteiger partial charge in [-0.05, 0) is 31.9 Å². The molecule has 1 atom stereocenters. The van der Waals surface area contributed by atoms with Gasteiger partial charge < -0.3 is 3.53 Å². The van der Waals surface area contributed by atoms with E-state index in [0.29, 0.717) is 11.4 Å². The number of hydrogen-bond donors (Lipinski definition) is 1. The van der Waals surface area contributed by atoms with E-state index in [9.17, 15) is 13.2 Å². The smallest absolute Gasteiger partial charge is 0.313 e. The third-order valence-corrected chi connectivity index (χ3v) is 3.57. The lowest BCUT2D eigenvalue weighted by Gasteiger charge is -2.10. The number of nitrogens with one attached hydrogen (secondary N) is 1. The molecule has 0 aromatic carbocycles. The molecule has 1 aliphatic heterocycles. The third-order valence-electron chi connectivity index (χ3n) is 3.01. The maximum absolute atomic E-state index is 12.9. The van der Waals surface area contributed by atoms with Crippen LogP contribution in [0.4, 0.5) is 19.0 Å². The van der Waals surface area contributed by atoms with Crippen molar-refractivity contribution in [1.82, 2.24) is 4.98 Å². The summed E-state index contributed by atoms with van der Waals surface area (Å²) in [6, 6.07) is 2.18. The van der Waals surface area contributed by atoms with Crippen LogP contribution in [0.3, 0.4) is 0 Å². The van der Waals surface area contributed by atoms with E-state index >= 15 is 0 Å². The van der Waals surface area contributed by atoms with Gasteiger partial charge in [-0.25, -0.2) is 4.98 Å². The van der Waals surface area contributed by atoms with Crippen LogP contribution < -0.4 is 3.53 Å². The van der Waals surface area contributed by atoms with Crippen LogP contribution in [-0.2, 0) is 12.6 Å². The Morgan fingerprint density at radius 1 is 1.38 bits per heavy atom. The average molecular weight is 410 g/mol. The van der Waals surface area contributed by atoms with Crippen molar-refractivity contribution < 1.29 is 13.2 Å². The Kier molecular flexibility index (Phi) is 5.17. The Morgan fingerprint density at radius 2 is 2.14 bits per heavy atom. The van der Waals surface area contributed by atoms with Gasteiger partial charge in [-0.2, -0.15) is 23.4 Å². The first-order valence-corrected chi connectivity index (χ1v) is 7.51. The van der Waals surface area contributed by atoms with Crippen LogP contribution in [0.15, 0.2) is 34.1 Å². The fourth-order valence-electron chi connectivity index (χ4n) is 1.95. The molecule has 4 nitrogen and oxygen atoms in total. The van der Waals surface area contributed by atoms with Crippen molar-refractivity contribution in [3.8, 4) is 0 Å². The summed E-state index contributed by atoms with van der Waals surface area (Å²) < 4.78 is 41.2. The number of rotatable bonds is 3. The van der Waals surface area contributed by atoms with Gasteiger partial charge in [0, 0.05) is 12.1 Å². The topological polar surface area (TPSA) is 49.6 Å². The second-order valence-corrected chi connectivity index (χ2v) is 5.38. The zero-order valence-corrected chi connectivity index (χ0v) is 13.4. The SMILES string of the molecule is CC1CCC=C(Cc2cc(C(F)(F)F)cc(NI)n2)N=N1. The number of aromatic nitrogens is 1. The van der Waals surface area contributed by atoms with Gasteiger partial charge in [0.25, 0.3) is 0 Å². The van der Waals surface area contributed by atoms with Gasteiger partial charge in [0.1, 0.15) is 5.82 Å². The van der Waals surface area contributed by atoms with Crippen LogP contribution in [0, 0.1) is 0 Å². The zero-order chi connectivity index (χ0) is 15.5. The van der Waals surface area contributed by atoms with Crippen LogP contribution in [0.25, 0.3) is 0 Å². The van der Waals surface area contributed by atoms with E-state index in [1.807, 2.05) is 13.0 Å². The molecule has 0 aliphatic carbocycles. The highest BCUT2D eigenvalue weighted by Crippen LogP contribution is 2.31. The predicted molar refractivity (Wildman–Crippen MR) is 82.2 cm³/mol. The van der Waals surface area contributed by atoms with Gasteiger partial charge >= 0.3 is 6.18 Å². The van der Waals surface area contributed by atoms with Crippen LogP contribution >= 0.6 is 22.9 Å². The quantitative estimate of drug-likeness (QED) is 0.568. The molecule has 0 saturated carbocycles. The van der Waals surface area contributed by atoms with E-state index in [-0.39, 0.29) is 18.3 Å². The van der Waals surface area contributed by atoms with Crippen molar-refractivity contribution >= 4 is 28.7 Å². The summed E-state index contributed by atoms with van der Waals surface area (Å²) in [7, 11) is 0. The molecule has 8 heteroatoms. The lowest BCUT2D eigenvalue weighted by atomic mass is 10.1. The van der Waals surface area contributed by atoms with E-state index in [2.05, 4.69) is 18.7 Å². The van der Waals surface area contributed by atoms with Crippen molar-refractivity contribution in [2.75, 3.05) is 3.53 Å². The Hall–Kier alpha value is -1.19. The number of halogens is 4. The van der Waals surface area contributed by atoms with Gasteiger partial charge in [-0.1, -0.05) is 6.08 Å². The van der Waals surface area contributed by atoms with E-state index in [4.69, 9.17) is 0 Å². The highest BCUT2D eigenvalue weighted by atomic mass is 127. The zero-order valence-electron chi connectivity index (χ0n) is 11.3. The number of allylic oxidation sites excluding steroid dienone is 2. The monoisotopic (exact) mass is 410 g/mol. The van der Waals surface area contributed by atoms with Crippen molar-refractivity contribution in [3.05, 3.63) is 35.2 Å². The van der Waals surface area contributed by atoms with Gasteiger partial charge in [0.05, 0.1) is 40.2 Å². The second-order valence-electron chi connectivity index (χ2n) is 4.84. The Bertz CT molecular complexity index is 569. The lowest BCUT2D eigenvalue weighted by Crippen LogP contribution is -2.08. The molecule has 1 aromatic heterocycles. The van der Waals surface area contributed by atoms with Gasteiger partial charge in [-0.3, -0.25) is 0 Å². The van der Waals surface area contributed by atoms with Gasteiger partial charge in [0.2, 0.25) is 0 Å². The highest BCUT2D eigenvalue weighted by molar-refractivity contribution is 14.1. The number of anilines is 1. The van der Waals surface area contributed by atoms with Crippen LogP contribution in [0.5, 0.6) is 0 Å². The summed E-state index contributed by atoms with van der Waals surface area (Å²) >= 11 is 1.76. The van der Waals surface area contributed by atoms with E-state index in [1.165, 1.54) is 0 Å². The van der Waals surface area contributed by atoms with Crippen molar-refractivity contribution in [3.63, 3.8) is 0 Å². The summed E-state index contributed by atoms with van der Waals surface area (Å²) in [5.41, 5.74) is 0.264. The van der Waals surface area contributed by atoms with Crippen molar-refractivity contribution in [1.29, 1.82) is 0 Å². The fraction of sp³-hybridized carbons (Fsp3) is 0.462. The highest BCUT2D eigenvalue weighted by Gasteiger charge is 2.31. The molecule has 0 bridgehead atoms. The summed E-state index contributed by atoms with van der Waals surface area (Å²) in [6.07, 6.45) is -0.533. The molecule has 0 fully saturated rings. The Morgan fingerprint density at radius 3 is 2.81 bits per heavy atom. The van der Waals surface area contributed by atoms with Crippen LogP contribution in [0.2, 0.25) is 0 Å². The Balaban J connectivity index is 2.27. The molecule has 0 radical (unpaired) electrons. The molecular weight excluding hydrogens is 396 g/mol. The largest absolute Gasteiger partial charge is 0.416 e. The molecule has 0 amide bonds. The molecular formula is C13H14F3IN4. The molecule has 1 N–H and O–H groups in total. The van der Waals surface area contributed by atoms with Crippen molar-refractivity contribution in [2.45, 2.75) is 38.4 Å². The van der Waals surface area contributed by atoms with Gasteiger partial charge in [-0.15, -0.1) is 0 Å². The van der Waals surface area contributed by atoms with E-state index in [1.54, 1.807) is 22.9 Å². The summed E-state index contributed by atoms with van der Waals surface area (Å²) in [5, 5.41) is 8.19. The molecule has 0 spiro atoms. The fourth-order valence-corrected chi connectivity index (χ4v) is 2.22. The summed E-state index contributed by atoms with van der Waals surface area (Å²) in [4.78, 5) is 4.15.